The number of thiazole rings is 1. The molecular weight excluding hydrogens is 324 g/mol. The van der Waals surface area contributed by atoms with E-state index >= 15 is 0 Å². The second kappa shape index (κ2) is 7.40. The number of hydrogen-bond acceptors (Lipinski definition) is 5. The lowest BCUT2D eigenvalue weighted by Crippen LogP contribution is -2.32. The molecule has 2 heterocycles. The van der Waals surface area contributed by atoms with Crippen molar-refractivity contribution in [3.05, 3.63) is 32.7 Å². The first-order valence-corrected chi connectivity index (χ1v) is 9.09. The molecule has 1 aromatic heterocycles. The average Bonchev–Trinajstić information content (AvgIpc) is 2.96. The molecule has 1 fully saturated rings. The standard InChI is InChI=1S/C18H24N2O3S/c1-12-6-8-20(9-7-12)11-16-17(19-18(21)24-16)14-10-13(22-2)4-5-15(14)23-3/h4-5,10,12H,6-9,11H2,1-3H3,(H,19,21). The molecule has 2 aromatic rings. The normalized spacial score (nSPS) is 16.3. The lowest BCUT2D eigenvalue weighted by atomic mass is 9.99. The Morgan fingerprint density at radius 2 is 2.00 bits per heavy atom. The van der Waals surface area contributed by atoms with Crippen molar-refractivity contribution in [3.63, 3.8) is 0 Å². The predicted octanol–water partition coefficient (Wildman–Crippen LogP) is 3.35. The van der Waals surface area contributed by atoms with Gasteiger partial charge in [-0.05, 0) is 50.0 Å². The number of piperidine rings is 1. The van der Waals surface area contributed by atoms with Crippen LogP contribution in [-0.4, -0.2) is 37.2 Å². The summed E-state index contributed by atoms with van der Waals surface area (Å²) in [6.07, 6.45) is 2.44. The molecule has 1 saturated heterocycles. The van der Waals surface area contributed by atoms with E-state index in [9.17, 15) is 4.79 Å². The van der Waals surface area contributed by atoms with Crippen LogP contribution in [0.5, 0.6) is 11.5 Å². The molecule has 1 aliphatic rings. The van der Waals surface area contributed by atoms with Gasteiger partial charge >= 0.3 is 4.87 Å². The number of aromatic amines is 1. The van der Waals surface area contributed by atoms with E-state index in [2.05, 4.69) is 16.8 Å². The van der Waals surface area contributed by atoms with Crippen LogP contribution in [0.1, 0.15) is 24.6 Å². The van der Waals surface area contributed by atoms with Crippen LogP contribution < -0.4 is 14.3 Å². The number of nitrogens with zero attached hydrogens (tertiary/aromatic N) is 1. The highest BCUT2D eigenvalue weighted by Gasteiger charge is 2.20. The van der Waals surface area contributed by atoms with E-state index in [1.807, 2.05) is 18.2 Å². The van der Waals surface area contributed by atoms with Crippen molar-refractivity contribution in [2.45, 2.75) is 26.3 Å². The molecule has 1 N–H and O–H groups in total. The first-order chi connectivity index (χ1) is 11.6. The van der Waals surface area contributed by atoms with Crippen LogP contribution in [-0.2, 0) is 6.54 Å². The van der Waals surface area contributed by atoms with Crippen LogP contribution in [0.2, 0.25) is 0 Å². The van der Waals surface area contributed by atoms with E-state index in [0.29, 0.717) is 0 Å². The molecular formula is C18H24N2O3S. The highest BCUT2D eigenvalue weighted by atomic mass is 32.1. The zero-order chi connectivity index (χ0) is 17.1. The van der Waals surface area contributed by atoms with Crippen molar-refractivity contribution >= 4 is 11.3 Å². The third kappa shape index (κ3) is 3.65. The largest absolute Gasteiger partial charge is 0.497 e. The third-order valence-electron chi connectivity index (χ3n) is 4.64. The highest BCUT2D eigenvalue weighted by Crippen LogP contribution is 2.35. The van der Waals surface area contributed by atoms with Crippen molar-refractivity contribution in [2.75, 3.05) is 27.3 Å². The molecule has 0 atom stereocenters. The summed E-state index contributed by atoms with van der Waals surface area (Å²) in [5.74, 6) is 2.28. The minimum atomic E-state index is -0.0322. The fourth-order valence-corrected chi connectivity index (χ4v) is 4.01. The summed E-state index contributed by atoms with van der Waals surface area (Å²) in [5, 5.41) is 0. The lowest BCUT2D eigenvalue weighted by molar-refractivity contribution is 0.187. The van der Waals surface area contributed by atoms with Crippen molar-refractivity contribution in [3.8, 4) is 22.8 Å². The Hall–Kier alpha value is -1.79. The second-order valence-electron chi connectivity index (χ2n) is 6.34. The monoisotopic (exact) mass is 348 g/mol. The van der Waals surface area contributed by atoms with Gasteiger partial charge in [0.2, 0.25) is 0 Å². The van der Waals surface area contributed by atoms with Gasteiger partial charge in [-0.1, -0.05) is 18.3 Å². The Bertz CT molecular complexity index is 745. The van der Waals surface area contributed by atoms with Crippen LogP contribution in [0.15, 0.2) is 23.0 Å². The van der Waals surface area contributed by atoms with Crippen molar-refractivity contribution < 1.29 is 9.47 Å². The zero-order valence-electron chi connectivity index (χ0n) is 14.4. The molecule has 6 heteroatoms. The first-order valence-electron chi connectivity index (χ1n) is 8.27. The van der Waals surface area contributed by atoms with Gasteiger partial charge in [-0.3, -0.25) is 9.69 Å². The summed E-state index contributed by atoms with van der Waals surface area (Å²) in [5.41, 5.74) is 1.72. The Labute approximate surface area is 146 Å². The van der Waals surface area contributed by atoms with E-state index in [-0.39, 0.29) is 4.87 Å². The number of likely N-dealkylation sites (tertiary alicyclic amines) is 1. The van der Waals surface area contributed by atoms with E-state index in [0.717, 1.165) is 53.2 Å². The fourth-order valence-electron chi connectivity index (χ4n) is 3.12. The fraction of sp³-hybridized carbons (Fsp3) is 0.500. The number of benzene rings is 1. The van der Waals surface area contributed by atoms with Gasteiger partial charge in [0.25, 0.3) is 0 Å². The Kier molecular flexibility index (Phi) is 5.26. The van der Waals surface area contributed by atoms with Gasteiger partial charge in [0.15, 0.2) is 0 Å². The molecule has 1 aliphatic heterocycles. The summed E-state index contributed by atoms with van der Waals surface area (Å²) in [6.45, 7) is 5.27. The molecule has 0 spiro atoms. The lowest BCUT2D eigenvalue weighted by Gasteiger charge is -2.29. The minimum Gasteiger partial charge on any atom is -0.497 e. The topological polar surface area (TPSA) is 54.6 Å². The van der Waals surface area contributed by atoms with Gasteiger partial charge in [-0.15, -0.1) is 0 Å². The maximum absolute atomic E-state index is 12.0. The summed E-state index contributed by atoms with van der Waals surface area (Å²) in [7, 11) is 3.28. The maximum Gasteiger partial charge on any atom is 0.305 e. The highest BCUT2D eigenvalue weighted by molar-refractivity contribution is 7.09. The second-order valence-corrected chi connectivity index (χ2v) is 7.41. The molecule has 3 rings (SSSR count). The quantitative estimate of drug-likeness (QED) is 0.900. The molecule has 1 aromatic carbocycles. The number of H-pyrrole nitrogens is 1. The van der Waals surface area contributed by atoms with E-state index in [1.54, 1.807) is 14.2 Å². The molecule has 0 unspecified atom stereocenters. The van der Waals surface area contributed by atoms with E-state index < -0.39 is 0 Å². The first kappa shape index (κ1) is 17.0. The van der Waals surface area contributed by atoms with Crippen LogP contribution in [0.4, 0.5) is 0 Å². The molecule has 0 radical (unpaired) electrons. The molecule has 5 nitrogen and oxygen atoms in total. The van der Waals surface area contributed by atoms with Gasteiger partial charge in [0.1, 0.15) is 11.5 Å². The van der Waals surface area contributed by atoms with Crippen LogP contribution in [0.3, 0.4) is 0 Å². The maximum atomic E-state index is 12.0. The molecule has 0 bridgehead atoms. The smallest absolute Gasteiger partial charge is 0.305 e. The van der Waals surface area contributed by atoms with Crippen LogP contribution in [0.25, 0.3) is 11.3 Å². The van der Waals surface area contributed by atoms with Crippen LogP contribution in [0, 0.1) is 5.92 Å². The zero-order valence-corrected chi connectivity index (χ0v) is 15.2. The molecule has 0 amide bonds. The Morgan fingerprint density at radius 3 is 2.67 bits per heavy atom. The number of methoxy groups -OCH3 is 2. The number of aromatic nitrogens is 1. The van der Waals surface area contributed by atoms with E-state index in [1.165, 1.54) is 24.2 Å². The Balaban J connectivity index is 1.93. The van der Waals surface area contributed by atoms with Gasteiger partial charge in [-0.25, -0.2) is 0 Å². The number of rotatable bonds is 5. The van der Waals surface area contributed by atoms with Crippen LogP contribution >= 0.6 is 11.3 Å². The summed E-state index contributed by atoms with van der Waals surface area (Å²) in [4.78, 5) is 18.4. The van der Waals surface area contributed by atoms with Gasteiger partial charge in [0.05, 0.1) is 19.9 Å². The molecule has 24 heavy (non-hydrogen) atoms. The summed E-state index contributed by atoms with van der Waals surface area (Å²) < 4.78 is 10.8. The SMILES string of the molecule is COc1ccc(OC)c(-c2[nH]c(=O)sc2CN2CCC(C)CC2)c1. The number of hydrogen-bond donors (Lipinski definition) is 1. The number of ether oxygens (including phenoxy) is 2. The molecule has 0 saturated carbocycles. The summed E-state index contributed by atoms with van der Waals surface area (Å²) in [6, 6.07) is 5.65. The molecule has 0 aliphatic carbocycles. The van der Waals surface area contributed by atoms with Crippen molar-refractivity contribution in [2.24, 2.45) is 5.92 Å². The number of nitrogens with one attached hydrogen (secondary N) is 1. The van der Waals surface area contributed by atoms with Gasteiger partial charge in [0, 0.05) is 17.0 Å². The predicted molar refractivity (Wildman–Crippen MR) is 97.2 cm³/mol. The van der Waals surface area contributed by atoms with Gasteiger partial charge < -0.3 is 14.5 Å². The van der Waals surface area contributed by atoms with Crippen molar-refractivity contribution in [1.82, 2.24) is 9.88 Å². The van der Waals surface area contributed by atoms with Crippen molar-refractivity contribution in [1.29, 1.82) is 0 Å². The molecule has 130 valence electrons. The Morgan fingerprint density at radius 1 is 1.25 bits per heavy atom. The van der Waals surface area contributed by atoms with E-state index in [4.69, 9.17) is 9.47 Å². The van der Waals surface area contributed by atoms with Gasteiger partial charge in [-0.2, -0.15) is 0 Å². The third-order valence-corrected chi connectivity index (χ3v) is 5.51. The summed E-state index contributed by atoms with van der Waals surface area (Å²) >= 11 is 1.29. The average molecular weight is 348 g/mol. The minimum absolute atomic E-state index is 0.0322.